The van der Waals surface area contributed by atoms with E-state index in [0.717, 1.165) is 17.2 Å². The maximum Gasteiger partial charge on any atom is 0.241 e. The summed E-state index contributed by atoms with van der Waals surface area (Å²) >= 11 is 1.47. The molecule has 3 rings (SSSR count). The molecule has 0 bridgehead atoms. The Bertz CT molecular complexity index is 714. The van der Waals surface area contributed by atoms with Crippen LogP contribution >= 0.6 is 11.3 Å². The van der Waals surface area contributed by atoms with Crippen LogP contribution in [0.2, 0.25) is 0 Å². The lowest BCUT2D eigenvalue weighted by atomic mass is 10.4. The normalized spacial score (nSPS) is 15.5. The van der Waals surface area contributed by atoms with Crippen LogP contribution < -0.4 is 10.0 Å². The molecule has 0 aliphatic heterocycles. The van der Waals surface area contributed by atoms with Crippen molar-refractivity contribution in [1.82, 2.24) is 10.0 Å². The van der Waals surface area contributed by atoms with E-state index in [1.807, 2.05) is 13.0 Å². The van der Waals surface area contributed by atoms with Gasteiger partial charge in [0.1, 0.15) is 11.5 Å². The van der Waals surface area contributed by atoms with Crippen LogP contribution in [0.3, 0.4) is 0 Å². The molecule has 1 aliphatic rings. The van der Waals surface area contributed by atoms with Gasteiger partial charge in [-0.25, -0.2) is 13.1 Å². The Kier molecular flexibility index (Phi) is 4.17. The van der Waals surface area contributed by atoms with E-state index >= 15 is 0 Å². The molecule has 2 heterocycles. The molecule has 1 saturated carbocycles. The second kappa shape index (κ2) is 5.92. The highest BCUT2D eigenvalue weighted by molar-refractivity contribution is 7.89. The third-order valence-corrected chi connectivity index (χ3v) is 5.78. The molecule has 0 unspecified atom stereocenters. The maximum absolute atomic E-state index is 12.2. The van der Waals surface area contributed by atoms with Crippen LogP contribution in [0.4, 0.5) is 0 Å². The predicted molar refractivity (Wildman–Crippen MR) is 81.7 cm³/mol. The number of hydrogen-bond donors (Lipinski definition) is 2. The van der Waals surface area contributed by atoms with Gasteiger partial charge in [0, 0.05) is 22.8 Å². The molecule has 7 heteroatoms. The van der Waals surface area contributed by atoms with Gasteiger partial charge in [-0.15, -0.1) is 11.3 Å². The van der Waals surface area contributed by atoms with Crippen LogP contribution in [0.25, 0.3) is 0 Å². The second-order valence-electron chi connectivity index (χ2n) is 5.24. The summed E-state index contributed by atoms with van der Waals surface area (Å²) in [7, 11) is -3.48. The van der Waals surface area contributed by atoms with Crippen molar-refractivity contribution in [2.24, 2.45) is 0 Å². The van der Waals surface area contributed by atoms with Crippen molar-refractivity contribution in [3.8, 4) is 0 Å². The summed E-state index contributed by atoms with van der Waals surface area (Å²) in [6.45, 7) is 2.74. The Morgan fingerprint density at radius 1 is 1.33 bits per heavy atom. The third kappa shape index (κ3) is 3.94. The molecule has 0 amide bonds. The van der Waals surface area contributed by atoms with Crippen molar-refractivity contribution in [1.29, 1.82) is 0 Å². The molecule has 1 aliphatic carbocycles. The van der Waals surface area contributed by atoms with Crippen LogP contribution in [0.15, 0.2) is 32.9 Å². The van der Waals surface area contributed by atoms with Crippen LogP contribution in [-0.2, 0) is 23.1 Å². The highest BCUT2D eigenvalue weighted by Gasteiger charge is 2.21. The molecule has 5 nitrogen and oxygen atoms in total. The molecule has 2 N–H and O–H groups in total. The summed E-state index contributed by atoms with van der Waals surface area (Å²) < 4.78 is 32.3. The SMILES string of the molecule is Cc1ccc(CNS(=O)(=O)c2csc(CNC3CC3)c2)o1. The minimum absolute atomic E-state index is 0.168. The number of nitrogens with one attached hydrogen (secondary N) is 2. The van der Waals surface area contributed by atoms with E-state index < -0.39 is 10.0 Å². The lowest BCUT2D eigenvalue weighted by Gasteiger charge is -2.03. The number of thiophene rings is 1. The van der Waals surface area contributed by atoms with Gasteiger partial charge in [-0.3, -0.25) is 0 Å². The van der Waals surface area contributed by atoms with Crippen molar-refractivity contribution in [3.05, 3.63) is 40.0 Å². The van der Waals surface area contributed by atoms with Crippen LogP contribution in [0.5, 0.6) is 0 Å². The van der Waals surface area contributed by atoms with Crippen molar-refractivity contribution < 1.29 is 12.8 Å². The molecule has 2 aromatic heterocycles. The summed E-state index contributed by atoms with van der Waals surface area (Å²) in [5.74, 6) is 1.38. The Labute approximate surface area is 128 Å². The zero-order valence-electron chi connectivity index (χ0n) is 11.8. The van der Waals surface area contributed by atoms with E-state index in [0.29, 0.717) is 16.7 Å². The topological polar surface area (TPSA) is 71.3 Å². The molecule has 1 fully saturated rings. The minimum Gasteiger partial charge on any atom is -0.465 e. The summed E-state index contributed by atoms with van der Waals surface area (Å²) in [4.78, 5) is 1.36. The molecular formula is C14H18N2O3S2. The van der Waals surface area contributed by atoms with Crippen LogP contribution in [0.1, 0.15) is 29.2 Å². The molecule has 21 heavy (non-hydrogen) atoms. The van der Waals surface area contributed by atoms with Gasteiger partial charge in [0.2, 0.25) is 10.0 Å². The van der Waals surface area contributed by atoms with Crippen molar-refractivity contribution in [2.75, 3.05) is 0 Å². The van der Waals surface area contributed by atoms with E-state index in [4.69, 9.17) is 4.42 Å². The van der Waals surface area contributed by atoms with Gasteiger partial charge >= 0.3 is 0 Å². The lowest BCUT2D eigenvalue weighted by Crippen LogP contribution is -2.22. The number of aryl methyl sites for hydroxylation is 1. The third-order valence-electron chi connectivity index (χ3n) is 3.31. The number of sulfonamides is 1. The first-order valence-electron chi connectivity index (χ1n) is 6.89. The fourth-order valence-corrected chi connectivity index (χ4v) is 4.18. The van der Waals surface area contributed by atoms with E-state index in [1.54, 1.807) is 17.5 Å². The lowest BCUT2D eigenvalue weighted by molar-refractivity contribution is 0.475. The van der Waals surface area contributed by atoms with Crippen molar-refractivity contribution >= 4 is 21.4 Å². The molecule has 2 aromatic rings. The van der Waals surface area contributed by atoms with Crippen LogP contribution in [-0.4, -0.2) is 14.5 Å². The monoisotopic (exact) mass is 326 g/mol. The highest BCUT2D eigenvalue weighted by atomic mass is 32.2. The molecule has 114 valence electrons. The Morgan fingerprint density at radius 2 is 2.14 bits per heavy atom. The second-order valence-corrected chi connectivity index (χ2v) is 8.00. The predicted octanol–water partition coefficient (Wildman–Crippen LogP) is 2.38. The smallest absolute Gasteiger partial charge is 0.241 e. The first kappa shape index (κ1) is 14.8. The number of hydrogen-bond acceptors (Lipinski definition) is 5. The van der Waals surface area contributed by atoms with Gasteiger partial charge in [0.25, 0.3) is 0 Å². The summed E-state index contributed by atoms with van der Waals surface area (Å²) in [6, 6.07) is 5.94. The highest BCUT2D eigenvalue weighted by Crippen LogP contribution is 2.23. The van der Waals surface area contributed by atoms with Gasteiger partial charge in [0.05, 0.1) is 11.4 Å². The van der Waals surface area contributed by atoms with Crippen molar-refractivity contribution in [3.63, 3.8) is 0 Å². The largest absolute Gasteiger partial charge is 0.465 e. The summed E-state index contributed by atoms with van der Waals surface area (Å²) in [6.07, 6.45) is 2.45. The minimum atomic E-state index is -3.48. The molecular weight excluding hydrogens is 308 g/mol. The average Bonchev–Trinajstić information content (AvgIpc) is 2.97. The Morgan fingerprint density at radius 3 is 2.81 bits per heavy atom. The summed E-state index contributed by atoms with van der Waals surface area (Å²) in [5, 5.41) is 5.06. The first-order chi connectivity index (χ1) is 10.0. The van der Waals surface area contributed by atoms with E-state index in [2.05, 4.69) is 10.0 Å². The fourth-order valence-electron chi connectivity index (χ4n) is 1.96. The fraction of sp³-hybridized carbons (Fsp3) is 0.429. The quantitative estimate of drug-likeness (QED) is 0.819. The Balaban J connectivity index is 1.60. The van der Waals surface area contributed by atoms with Crippen LogP contribution in [0, 0.1) is 6.92 Å². The zero-order valence-corrected chi connectivity index (χ0v) is 13.4. The molecule has 0 radical (unpaired) electrons. The molecule has 0 saturated heterocycles. The van der Waals surface area contributed by atoms with E-state index in [-0.39, 0.29) is 6.54 Å². The maximum atomic E-state index is 12.2. The molecule has 0 spiro atoms. The van der Waals surface area contributed by atoms with Gasteiger partial charge < -0.3 is 9.73 Å². The summed E-state index contributed by atoms with van der Waals surface area (Å²) in [5.41, 5.74) is 0. The van der Waals surface area contributed by atoms with Gasteiger partial charge in [-0.1, -0.05) is 0 Å². The number of furan rings is 1. The van der Waals surface area contributed by atoms with Gasteiger partial charge in [-0.05, 0) is 38.0 Å². The Hall–Kier alpha value is -1.15. The standard InChI is InChI=1S/C14H18N2O3S2/c1-10-2-5-12(19-10)7-16-21(17,18)14-6-13(20-9-14)8-15-11-3-4-11/h2,5-6,9,11,15-16H,3-4,7-8H2,1H3. The first-order valence-corrected chi connectivity index (χ1v) is 9.25. The van der Waals surface area contributed by atoms with E-state index in [9.17, 15) is 8.42 Å². The molecule has 0 atom stereocenters. The van der Waals surface area contributed by atoms with Gasteiger partial charge in [0.15, 0.2) is 0 Å². The van der Waals surface area contributed by atoms with Crippen molar-refractivity contribution in [2.45, 2.75) is 43.8 Å². The molecule has 0 aromatic carbocycles. The van der Waals surface area contributed by atoms with Gasteiger partial charge in [-0.2, -0.15) is 0 Å². The van der Waals surface area contributed by atoms with E-state index in [1.165, 1.54) is 24.2 Å². The zero-order chi connectivity index (χ0) is 14.9. The average molecular weight is 326 g/mol. The number of rotatable bonds is 7.